The lowest BCUT2D eigenvalue weighted by atomic mass is 10.0. The molecule has 26 heavy (non-hydrogen) atoms. The number of carbonyl (C=O) groups is 1. The van der Waals surface area contributed by atoms with Gasteiger partial charge >= 0.3 is 0 Å². The van der Waals surface area contributed by atoms with Gasteiger partial charge in [0.2, 0.25) is 0 Å². The van der Waals surface area contributed by atoms with E-state index in [9.17, 15) is 4.79 Å². The van der Waals surface area contributed by atoms with Gasteiger partial charge in [0.25, 0.3) is 5.91 Å². The predicted molar refractivity (Wildman–Crippen MR) is 109 cm³/mol. The van der Waals surface area contributed by atoms with Crippen molar-refractivity contribution in [1.82, 2.24) is 15.3 Å². The summed E-state index contributed by atoms with van der Waals surface area (Å²) in [5.41, 5.74) is 8.56. The summed E-state index contributed by atoms with van der Waals surface area (Å²) >= 11 is 1.58. The quantitative estimate of drug-likeness (QED) is 0.755. The van der Waals surface area contributed by atoms with Crippen molar-refractivity contribution < 1.29 is 4.79 Å². The van der Waals surface area contributed by atoms with Crippen LogP contribution < -0.4 is 5.43 Å². The monoisotopic (exact) mass is 370 g/mol. The first-order valence-corrected chi connectivity index (χ1v) is 9.92. The average molecular weight is 371 g/mol. The number of H-pyrrole nitrogens is 1. The maximum absolute atomic E-state index is 12.3. The highest BCUT2D eigenvalue weighted by Gasteiger charge is 2.26. The van der Waals surface area contributed by atoms with Crippen LogP contribution in [0.5, 0.6) is 0 Å². The molecule has 2 aromatic rings. The standard InChI is InChI=1S/C20H26N4OS/c1-6-24(7-2)14(5)18-12(3)16(21-13(18)4)11-15-19(22-23-20(15)25)17-9-8-10-26-17/h8-11,14,21H,6-7H2,1-5H3,(H,23,25)/b15-11+. The van der Waals surface area contributed by atoms with Gasteiger partial charge in [0, 0.05) is 17.4 Å². The SMILES string of the molecule is CCN(CC)C(C)c1c(C)[nH]c(/C=C2/C(=O)NN=C2c2cccs2)c1C. The number of thiophene rings is 1. The van der Waals surface area contributed by atoms with E-state index < -0.39 is 0 Å². The third-order valence-electron chi connectivity index (χ3n) is 5.12. The number of aryl methyl sites for hydroxylation is 1. The molecule has 1 aliphatic rings. The molecule has 1 amide bonds. The van der Waals surface area contributed by atoms with Gasteiger partial charge in [-0.2, -0.15) is 5.10 Å². The van der Waals surface area contributed by atoms with Crippen molar-refractivity contribution in [3.05, 3.63) is 50.5 Å². The molecule has 2 aromatic heterocycles. The second-order valence-electron chi connectivity index (χ2n) is 6.54. The van der Waals surface area contributed by atoms with Gasteiger partial charge in [-0.05, 0) is 62.5 Å². The molecular weight excluding hydrogens is 344 g/mol. The van der Waals surface area contributed by atoms with Crippen molar-refractivity contribution >= 4 is 29.0 Å². The van der Waals surface area contributed by atoms with E-state index in [-0.39, 0.29) is 5.91 Å². The van der Waals surface area contributed by atoms with Crippen LogP contribution in [0.2, 0.25) is 0 Å². The maximum Gasteiger partial charge on any atom is 0.273 e. The van der Waals surface area contributed by atoms with E-state index in [1.54, 1.807) is 11.3 Å². The summed E-state index contributed by atoms with van der Waals surface area (Å²) in [6.45, 7) is 12.9. The minimum Gasteiger partial charge on any atom is -0.359 e. The fraction of sp³-hybridized carbons (Fsp3) is 0.400. The van der Waals surface area contributed by atoms with E-state index in [1.165, 1.54) is 11.1 Å². The van der Waals surface area contributed by atoms with Gasteiger partial charge in [0.05, 0.1) is 10.5 Å². The lowest BCUT2D eigenvalue weighted by molar-refractivity contribution is -0.116. The first-order valence-electron chi connectivity index (χ1n) is 9.04. The molecule has 0 spiro atoms. The van der Waals surface area contributed by atoms with Crippen LogP contribution in [-0.4, -0.2) is 34.6 Å². The van der Waals surface area contributed by atoms with Crippen LogP contribution in [-0.2, 0) is 4.79 Å². The highest BCUT2D eigenvalue weighted by molar-refractivity contribution is 7.12. The summed E-state index contributed by atoms with van der Waals surface area (Å²) in [4.78, 5) is 19.2. The number of carbonyl (C=O) groups excluding carboxylic acids is 1. The molecule has 1 atom stereocenters. The lowest BCUT2D eigenvalue weighted by Gasteiger charge is -2.27. The third kappa shape index (κ3) is 3.27. The number of amides is 1. The molecule has 0 saturated heterocycles. The Kier molecular flexibility index (Phi) is 5.44. The van der Waals surface area contributed by atoms with E-state index in [0.717, 1.165) is 35.1 Å². The highest BCUT2D eigenvalue weighted by atomic mass is 32.1. The number of hydrogen-bond acceptors (Lipinski definition) is 4. The van der Waals surface area contributed by atoms with Crippen molar-refractivity contribution in [1.29, 1.82) is 0 Å². The summed E-state index contributed by atoms with van der Waals surface area (Å²) in [7, 11) is 0. The average Bonchev–Trinajstić information content (AvgIpc) is 3.31. The molecule has 138 valence electrons. The molecule has 3 rings (SSSR count). The minimum absolute atomic E-state index is 0.154. The minimum atomic E-state index is -0.154. The molecule has 1 aliphatic heterocycles. The molecule has 0 fully saturated rings. The van der Waals surface area contributed by atoms with E-state index in [1.807, 2.05) is 23.6 Å². The zero-order valence-electron chi connectivity index (χ0n) is 16.0. The molecule has 0 saturated carbocycles. The molecule has 0 bridgehead atoms. The van der Waals surface area contributed by atoms with Crippen LogP contribution in [0.25, 0.3) is 6.08 Å². The largest absolute Gasteiger partial charge is 0.359 e. The van der Waals surface area contributed by atoms with E-state index in [2.05, 4.69) is 55.0 Å². The fourth-order valence-electron chi connectivity index (χ4n) is 3.73. The summed E-state index contributed by atoms with van der Waals surface area (Å²) in [5.74, 6) is -0.154. The van der Waals surface area contributed by atoms with E-state index in [0.29, 0.717) is 11.6 Å². The zero-order chi connectivity index (χ0) is 18.8. The Hall–Kier alpha value is -2.18. The van der Waals surface area contributed by atoms with Crippen molar-refractivity contribution in [2.24, 2.45) is 5.10 Å². The number of rotatable bonds is 6. The van der Waals surface area contributed by atoms with Gasteiger partial charge < -0.3 is 4.98 Å². The molecule has 0 radical (unpaired) electrons. The van der Waals surface area contributed by atoms with Gasteiger partial charge in [-0.25, -0.2) is 5.43 Å². The maximum atomic E-state index is 12.3. The number of nitrogens with one attached hydrogen (secondary N) is 2. The van der Waals surface area contributed by atoms with Gasteiger partial charge in [-0.1, -0.05) is 19.9 Å². The highest BCUT2D eigenvalue weighted by Crippen LogP contribution is 2.30. The molecule has 0 aliphatic carbocycles. The predicted octanol–water partition coefficient (Wildman–Crippen LogP) is 4.01. The first-order chi connectivity index (χ1) is 12.5. The summed E-state index contributed by atoms with van der Waals surface area (Å²) in [6.07, 6.45) is 1.93. The Balaban J connectivity index is 2.00. The van der Waals surface area contributed by atoms with Gasteiger partial charge in [0.15, 0.2) is 0 Å². The van der Waals surface area contributed by atoms with Crippen LogP contribution in [0.4, 0.5) is 0 Å². The summed E-state index contributed by atoms with van der Waals surface area (Å²) in [5, 5.41) is 6.21. The van der Waals surface area contributed by atoms with Gasteiger partial charge in [-0.3, -0.25) is 9.69 Å². The van der Waals surface area contributed by atoms with Crippen molar-refractivity contribution in [2.75, 3.05) is 13.1 Å². The lowest BCUT2D eigenvalue weighted by Crippen LogP contribution is -2.27. The Morgan fingerprint density at radius 1 is 1.31 bits per heavy atom. The first kappa shape index (κ1) is 18.6. The summed E-state index contributed by atoms with van der Waals surface area (Å²) in [6, 6.07) is 4.28. The molecule has 3 heterocycles. The second kappa shape index (κ2) is 7.60. The molecule has 6 heteroatoms. The van der Waals surface area contributed by atoms with Crippen LogP contribution in [0.15, 0.2) is 28.2 Å². The summed E-state index contributed by atoms with van der Waals surface area (Å²) < 4.78 is 0. The third-order valence-corrected chi connectivity index (χ3v) is 6.00. The second-order valence-corrected chi connectivity index (χ2v) is 7.48. The molecule has 1 unspecified atom stereocenters. The molecule has 5 nitrogen and oxygen atoms in total. The van der Waals surface area contributed by atoms with E-state index >= 15 is 0 Å². The number of hydrogen-bond donors (Lipinski definition) is 2. The van der Waals surface area contributed by atoms with E-state index in [4.69, 9.17) is 0 Å². The van der Waals surface area contributed by atoms with Crippen LogP contribution in [0.3, 0.4) is 0 Å². The van der Waals surface area contributed by atoms with Crippen LogP contribution >= 0.6 is 11.3 Å². The Morgan fingerprint density at radius 2 is 2.04 bits per heavy atom. The number of aromatic amines is 1. The van der Waals surface area contributed by atoms with Gasteiger partial charge in [-0.15, -0.1) is 11.3 Å². The number of aromatic nitrogens is 1. The van der Waals surface area contributed by atoms with Crippen molar-refractivity contribution in [2.45, 2.75) is 40.7 Å². The van der Waals surface area contributed by atoms with Crippen LogP contribution in [0, 0.1) is 13.8 Å². The van der Waals surface area contributed by atoms with Gasteiger partial charge in [0.1, 0.15) is 5.71 Å². The van der Waals surface area contributed by atoms with Crippen molar-refractivity contribution in [3.8, 4) is 0 Å². The normalized spacial score (nSPS) is 17.1. The van der Waals surface area contributed by atoms with Crippen LogP contribution in [0.1, 0.15) is 54.2 Å². The Morgan fingerprint density at radius 3 is 2.65 bits per heavy atom. The smallest absolute Gasteiger partial charge is 0.273 e. The number of hydrazone groups is 1. The number of nitrogens with zero attached hydrogens (tertiary/aromatic N) is 2. The molecule has 0 aromatic carbocycles. The fourth-order valence-corrected chi connectivity index (χ4v) is 4.46. The van der Waals surface area contributed by atoms with Crippen molar-refractivity contribution in [3.63, 3.8) is 0 Å². The molecule has 2 N–H and O–H groups in total. The Bertz CT molecular complexity index is 857. The zero-order valence-corrected chi connectivity index (χ0v) is 16.8. The molecular formula is C20H26N4OS. The topological polar surface area (TPSA) is 60.5 Å². The Labute approximate surface area is 158 Å².